The Morgan fingerprint density at radius 2 is 0.897 bits per heavy atom. The molecule has 0 spiro atoms. The van der Waals surface area contributed by atoms with Crippen molar-refractivity contribution in [2.75, 3.05) is 0 Å². The molecule has 0 bridgehead atoms. The average molecular weight is 555 g/mol. The number of hydrogen-bond donors (Lipinski definition) is 0. The van der Waals surface area contributed by atoms with E-state index in [-0.39, 0.29) is 0 Å². The lowest BCUT2D eigenvalue weighted by molar-refractivity contribution is 0.254. The third-order valence-corrected chi connectivity index (χ3v) is 9.43. The summed E-state index contributed by atoms with van der Waals surface area (Å²) in [5.74, 6) is 5.03. The standard InChI is InChI=1S/C11H22.C8H16.C7H14.C5H10.4C2H6/c1-9-6-5-7-11(3,4)8-10(9)2;1-3-8(2)6-4-5-7-8;1-7-5-3-2-4-6-7;1-4-3-5(4)2;4*1-2/h9-10H,5-8H2,1-4H3;3-7H2,1-2H3;7H,2-6H2,1H3;4-5H,3H2,1-2H3;4*1-2H3. The number of hydrogen-bond acceptors (Lipinski definition) is 0. The van der Waals surface area contributed by atoms with E-state index < -0.39 is 0 Å². The molecule has 0 radical (unpaired) electrons. The van der Waals surface area contributed by atoms with Gasteiger partial charge in [0, 0.05) is 0 Å². The van der Waals surface area contributed by atoms with E-state index in [4.69, 9.17) is 0 Å². The Balaban J connectivity index is -0.000000197. The van der Waals surface area contributed by atoms with Crippen molar-refractivity contribution in [3.05, 3.63) is 0 Å². The van der Waals surface area contributed by atoms with Crippen LogP contribution in [0.2, 0.25) is 0 Å². The van der Waals surface area contributed by atoms with Crippen LogP contribution in [0.15, 0.2) is 0 Å². The van der Waals surface area contributed by atoms with Crippen LogP contribution in [0.1, 0.15) is 214 Å². The highest BCUT2D eigenvalue weighted by molar-refractivity contribution is 4.79. The smallest absolute Gasteiger partial charge is 0.0328 e. The lowest BCUT2D eigenvalue weighted by atomic mass is 9.80. The van der Waals surface area contributed by atoms with Crippen molar-refractivity contribution in [1.82, 2.24) is 0 Å². The van der Waals surface area contributed by atoms with Gasteiger partial charge in [0.1, 0.15) is 0 Å². The molecule has 4 fully saturated rings. The molecule has 4 atom stereocenters. The monoisotopic (exact) mass is 555 g/mol. The van der Waals surface area contributed by atoms with E-state index in [1.54, 1.807) is 0 Å². The molecule has 0 amide bonds. The summed E-state index contributed by atoms with van der Waals surface area (Å²) in [6.07, 6.45) is 21.9. The van der Waals surface area contributed by atoms with E-state index in [0.717, 1.165) is 35.0 Å². The molecular weight excluding hydrogens is 468 g/mol. The summed E-state index contributed by atoms with van der Waals surface area (Å²) in [5.41, 5.74) is 1.35. The molecule has 0 heterocycles. The Kier molecular flexibility index (Phi) is 34.8. The largest absolute Gasteiger partial charge is 0.0683 e. The predicted molar refractivity (Wildman–Crippen MR) is 188 cm³/mol. The molecule has 4 rings (SSSR count). The van der Waals surface area contributed by atoms with Crippen molar-refractivity contribution >= 4 is 0 Å². The maximum absolute atomic E-state index is 2.42. The fraction of sp³-hybridized carbons (Fsp3) is 1.00. The summed E-state index contributed by atoms with van der Waals surface area (Å²) in [7, 11) is 0. The van der Waals surface area contributed by atoms with Crippen LogP contribution in [0, 0.1) is 40.4 Å². The molecule has 0 aromatic carbocycles. The minimum atomic E-state index is 0.615. The first-order chi connectivity index (χ1) is 18.5. The topological polar surface area (TPSA) is 0 Å². The van der Waals surface area contributed by atoms with Gasteiger partial charge in [-0.2, -0.15) is 0 Å². The Morgan fingerprint density at radius 1 is 0.487 bits per heavy atom. The molecule has 39 heavy (non-hydrogen) atoms. The van der Waals surface area contributed by atoms with Gasteiger partial charge in [0.2, 0.25) is 0 Å². The molecule has 0 aliphatic heterocycles. The van der Waals surface area contributed by atoms with E-state index >= 15 is 0 Å². The van der Waals surface area contributed by atoms with Gasteiger partial charge in [-0.25, -0.2) is 0 Å². The first-order valence-electron chi connectivity index (χ1n) is 18.5. The molecule has 4 unspecified atom stereocenters. The molecule has 0 aromatic rings. The number of rotatable bonds is 1. The normalized spacial score (nSPS) is 27.6. The van der Waals surface area contributed by atoms with Gasteiger partial charge in [-0.3, -0.25) is 0 Å². The quantitative estimate of drug-likeness (QED) is 0.283. The van der Waals surface area contributed by atoms with Crippen LogP contribution in [-0.4, -0.2) is 0 Å². The van der Waals surface area contributed by atoms with E-state index in [2.05, 4.69) is 62.3 Å². The van der Waals surface area contributed by atoms with E-state index in [1.165, 1.54) is 96.3 Å². The third kappa shape index (κ3) is 27.9. The summed E-state index contributed by atoms with van der Waals surface area (Å²) < 4.78 is 0. The van der Waals surface area contributed by atoms with Crippen molar-refractivity contribution in [1.29, 1.82) is 0 Å². The predicted octanol–water partition coefficient (Wildman–Crippen LogP) is 15.2. The Bertz CT molecular complexity index is 429. The summed E-state index contributed by atoms with van der Waals surface area (Å²) in [5, 5.41) is 0. The Hall–Kier alpha value is 0. The van der Waals surface area contributed by atoms with Crippen LogP contribution in [-0.2, 0) is 0 Å². The molecule has 4 aliphatic carbocycles. The highest BCUT2D eigenvalue weighted by Crippen LogP contribution is 2.40. The molecule has 0 N–H and O–H groups in total. The van der Waals surface area contributed by atoms with Crippen LogP contribution in [0.5, 0.6) is 0 Å². The van der Waals surface area contributed by atoms with Crippen LogP contribution < -0.4 is 0 Å². The second-order valence-corrected chi connectivity index (χ2v) is 13.5. The van der Waals surface area contributed by atoms with E-state index in [0.29, 0.717) is 5.41 Å². The zero-order valence-electron chi connectivity index (χ0n) is 31.5. The SMILES string of the molecule is CC.CC.CC.CC.CC1CC1C.CC1CCCC(C)(C)CC1C.CC1CCCCC1.CCC1(C)CCCC1. The van der Waals surface area contributed by atoms with Crippen molar-refractivity contribution in [2.24, 2.45) is 40.4 Å². The minimum absolute atomic E-state index is 0.615. The maximum Gasteiger partial charge on any atom is -0.0328 e. The lowest BCUT2D eigenvalue weighted by Gasteiger charge is -2.26. The van der Waals surface area contributed by atoms with Crippen molar-refractivity contribution in [3.8, 4) is 0 Å². The fourth-order valence-electron chi connectivity index (χ4n) is 5.76. The molecule has 242 valence electrons. The zero-order valence-corrected chi connectivity index (χ0v) is 31.5. The molecule has 4 aliphatic rings. The van der Waals surface area contributed by atoms with Gasteiger partial charge in [0.25, 0.3) is 0 Å². The van der Waals surface area contributed by atoms with E-state index in [1.807, 2.05) is 55.4 Å². The summed E-state index contributed by atoms with van der Waals surface area (Å²) >= 11 is 0. The van der Waals surface area contributed by atoms with Crippen LogP contribution in [0.3, 0.4) is 0 Å². The summed E-state index contributed by atoms with van der Waals surface area (Å²) in [6, 6.07) is 0. The highest BCUT2D eigenvalue weighted by Gasteiger charge is 2.28. The molecule has 4 saturated carbocycles. The summed E-state index contributed by atoms with van der Waals surface area (Å²) in [6.45, 7) is 37.3. The van der Waals surface area contributed by atoms with Crippen LogP contribution >= 0.6 is 0 Å². The lowest BCUT2D eigenvalue weighted by Crippen LogP contribution is -2.15. The van der Waals surface area contributed by atoms with Gasteiger partial charge in [0.15, 0.2) is 0 Å². The Morgan fingerprint density at radius 3 is 1.18 bits per heavy atom. The fourth-order valence-corrected chi connectivity index (χ4v) is 5.76. The molecule has 0 heteroatoms. The summed E-state index contributed by atoms with van der Waals surface area (Å²) in [4.78, 5) is 0. The molecule has 0 nitrogen and oxygen atoms in total. The van der Waals surface area contributed by atoms with Gasteiger partial charge in [-0.15, -0.1) is 0 Å². The second kappa shape index (κ2) is 29.5. The molecule has 0 aromatic heterocycles. The van der Waals surface area contributed by atoms with Gasteiger partial charge >= 0.3 is 0 Å². The average Bonchev–Trinajstić information content (AvgIpc) is 3.45. The van der Waals surface area contributed by atoms with Gasteiger partial charge in [0.05, 0.1) is 0 Å². The van der Waals surface area contributed by atoms with Crippen LogP contribution in [0.4, 0.5) is 0 Å². The van der Waals surface area contributed by atoms with Gasteiger partial charge < -0.3 is 0 Å². The second-order valence-electron chi connectivity index (χ2n) is 13.5. The third-order valence-electron chi connectivity index (χ3n) is 9.43. The van der Waals surface area contributed by atoms with Gasteiger partial charge in [-0.1, -0.05) is 182 Å². The minimum Gasteiger partial charge on any atom is -0.0683 e. The maximum atomic E-state index is 2.42. The van der Waals surface area contributed by atoms with E-state index in [9.17, 15) is 0 Å². The molecular formula is C39H86. The van der Waals surface area contributed by atoms with Crippen molar-refractivity contribution in [2.45, 2.75) is 214 Å². The Labute approximate surface area is 254 Å². The highest BCUT2D eigenvalue weighted by atomic mass is 14.3. The van der Waals surface area contributed by atoms with Crippen molar-refractivity contribution in [3.63, 3.8) is 0 Å². The first kappa shape index (κ1) is 46.0. The zero-order chi connectivity index (χ0) is 31.5. The van der Waals surface area contributed by atoms with Crippen LogP contribution in [0.25, 0.3) is 0 Å². The van der Waals surface area contributed by atoms with Gasteiger partial charge in [-0.05, 0) is 72.5 Å². The first-order valence-corrected chi connectivity index (χ1v) is 18.5. The molecule has 0 saturated heterocycles. The van der Waals surface area contributed by atoms with Crippen molar-refractivity contribution < 1.29 is 0 Å².